The maximum absolute atomic E-state index is 11.2. The molecule has 0 spiro atoms. The summed E-state index contributed by atoms with van der Waals surface area (Å²) in [6.45, 7) is 4.16. The summed E-state index contributed by atoms with van der Waals surface area (Å²) in [6.07, 6.45) is 21.7. The van der Waals surface area contributed by atoms with Crippen molar-refractivity contribution in [1.29, 1.82) is 0 Å². The van der Waals surface area contributed by atoms with Crippen molar-refractivity contribution in [3.63, 3.8) is 0 Å². The molecule has 2 nitrogen and oxygen atoms in total. The van der Waals surface area contributed by atoms with Crippen molar-refractivity contribution in [3.8, 4) is 0 Å². The average molecular weight is 244 g/mol. The predicted molar refractivity (Wildman–Crippen MR) is 77.1 cm³/mol. The zero-order chi connectivity index (χ0) is 13.5. The van der Waals surface area contributed by atoms with Gasteiger partial charge in [0, 0.05) is 6.08 Å². The van der Waals surface area contributed by atoms with Crippen LogP contribution in [0, 0.1) is 0 Å². The molecule has 96 valence electrons. The lowest BCUT2D eigenvalue weighted by atomic mass is 10.4. The van der Waals surface area contributed by atoms with Gasteiger partial charge < -0.3 is 4.74 Å². The van der Waals surface area contributed by atoms with Gasteiger partial charge in [0.1, 0.15) is 6.61 Å². The average Bonchev–Trinajstić information content (AvgIpc) is 2.37. The summed E-state index contributed by atoms with van der Waals surface area (Å²) in [5.74, 6) is -0.345. The van der Waals surface area contributed by atoms with Crippen molar-refractivity contribution in [2.45, 2.75) is 13.8 Å². The van der Waals surface area contributed by atoms with Gasteiger partial charge in [-0.05, 0) is 19.9 Å². The monoisotopic (exact) mass is 244 g/mol. The SMILES string of the molecule is CC=CC=CC=CCOC(=O)C=CC=CC=CC. The molecule has 0 aliphatic rings. The second-order valence-electron chi connectivity index (χ2n) is 3.24. The quantitative estimate of drug-likeness (QED) is 0.385. The van der Waals surface area contributed by atoms with Crippen LogP contribution in [-0.2, 0) is 9.53 Å². The van der Waals surface area contributed by atoms with E-state index in [0.29, 0.717) is 0 Å². The standard InChI is InChI=1S/C16H20O2/c1-3-5-7-9-11-13-15-18-16(17)14-12-10-8-6-4-2/h3-14H,15H2,1-2H3. The highest BCUT2D eigenvalue weighted by Crippen LogP contribution is 1.86. The van der Waals surface area contributed by atoms with Crippen LogP contribution in [0.4, 0.5) is 0 Å². The summed E-state index contributed by atoms with van der Waals surface area (Å²) in [5.41, 5.74) is 0. The normalized spacial score (nSPS) is 13.2. The molecular weight excluding hydrogens is 224 g/mol. The Balaban J connectivity index is 3.77. The molecule has 0 N–H and O–H groups in total. The lowest BCUT2D eigenvalue weighted by Crippen LogP contribution is -1.99. The molecule has 0 saturated heterocycles. The first-order valence-corrected chi connectivity index (χ1v) is 5.88. The molecule has 0 aliphatic heterocycles. The highest BCUT2D eigenvalue weighted by molar-refractivity contribution is 5.82. The fourth-order valence-corrected chi connectivity index (χ4v) is 0.925. The first-order valence-electron chi connectivity index (χ1n) is 5.88. The lowest BCUT2D eigenvalue weighted by molar-refractivity contribution is -0.136. The number of carbonyl (C=O) groups excluding carboxylic acids is 1. The Kier molecular flexibility index (Phi) is 11.5. The van der Waals surface area contributed by atoms with Crippen LogP contribution in [0.5, 0.6) is 0 Å². The fourth-order valence-electron chi connectivity index (χ4n) is 0.925. The van der Waals surface area contributed by atoms with E-state index < -0.39 is 0 Å². The molecule has 0 amide bonds. The van der Waals surface area contributed by atoms with Gasteiger partial charge >= 0.3 is 5.97 Å². The third-order valence-corrected chi connectivity index (χ3v) is 1.74. The summed E-state index contributed by atoms with van der Waals surface area (Å²) in [7, 11) is 0. The van der Waals surface area contributed by atoms with Crippen LogP contribution >= 0.6 is 0 Å². The molecule has 0 aliphatic carbocycles. The smallest absolute Gasteiger partial charge is 0.331 e. The van der Waals surface area contributed by atoms with E-state index in [-0.39, 0.29) is 12.6 Å². The van der Waals surface area contributed by atoms with Crippen molar-refractivity contribution < 1.29 is 9.53 Å². The topological polar surface area (TPSA) is 26.3 Å². The zero-order valence-electron chi connectivity index (χ0n) is 11.0. The maximum Gasteiger partial charge on any atom is 0.331 e. The van der Waals surface area contributed by atoms with E-state index in [2.05, 4.69) is 0 Å². The molecule has 2 heteroatoms. The van der Waals surface area contributed by atoms with Crippen LogP contribution in [0.2, 0.25) is 0 Å². The largest absolute Gasteiger partial charge is 0.458 e. The third kappa shape index (κ3) is 12.0. The number of hydrogen-bond acceptors (Lipinski definition) is 2. The Morgan fingerprint density at radius 2 is 1.39 bits per heavy atom. The molecule has 0 aromatic heterocycles. The van der Waals surface area contributed by atoms with Gasteiger partial charge in [0.05, 0.1) is 0 Å². The van der Waals surface area contributed by atoms with Gasteiger partial charge in [0.15, 0.2) is 0 Å². The number of allylic oxidation sites excluding steroid dienone is 10. The first-order chi connectivity index (χ1) is 8.81. The minimum atomic E-state index is -0.345. The van der Waals surface area contributed by atoms with Gasteiger partial charge in [-0.25, -0.2) is 4.79 Å². The molecule has 0 bridgehead atoms. The van der Waals surface area contributed by atoms with Crippen LogP contribution < -0.4 is 0 Å². The molecule has 0 radical (unpaired) electrons. The lowest BCUT2D eigenvalue weighted by Gasteiger charge is -1.94. The summed E-state index contributed by atoms with van der Waals surface area (Å²) in [6, 6.07) is 0. The summed E-state index contributed by atoms with van der Waals surface area (Å²) < 4.78 is 4.94. The van der Waals surface area contributed by atoms with E-state index in [9.17, 15) is 4.79 Å². The molecular formula is C16H20O2. The van der Waals surface area contributed by atoms with Crippen molar-refractivity contribution in [2.24, 2.45) is 0 Å². The second kappa shape index (κ2) is 13.0. The molecule has 0 aromatic rings. The number of hydrogen-bond donors (Lipinski definition) is 0. The van der Waals surface area contributed by atoms with Gasteiger partial charge in [-0.3, -0.25) is 0 Å². The Morgan fingerprint density at radius 1 is 0.833 bits per heavy atom. The number of ether oxygens (including phenoxy) is 1. The fraction of sp³-hybridized carbons (Fsp3) is 0.188. The van der Waals surface area contributed by atoms with Crippen molar-refractivity contribution in [1.82, 2.24) is 0 Å². The van der Waals surface area contributed by atoms with Crippen molar-refractivity contribution in [3.05, 3.63) is 72.9 Å². The molecule has 18 heavy (non-hydrogen) atoms. The van der Waals surface area contributed by atoms with E-state index in [4.69, 9.17) is 4.74 Å². The third-order valence-electron chi connectivity index (χ3n) is 1.74. The maximum atomic E-state index is 11.2. The van der Waals surface area contributed by atoms with Gasteiger partial charge in [0.2, 0.25) is 0 Å². The Morgan fingerprint density at radius 3 is 2.00 bits per heavy atom. The Labute approximate surface area is 109 Å². The van der Waals surface area contributed by atoms with Crippen LogP contribution in [0.25, 0.3) is 0 Å². The number of carbonyl (C=O) groups is 1. The van der Waals surface area contributed by atoms with Crippen molar-refractivity contribution >= 4 is 5.97 Å². The summed E-state index contributed by atoms with van der Waals surface area (Å²) >= 11 is 0. The van der Waals surface area contributed by atoms with E-state index in [1.807, 2.05) is 62.5 Å². The number of esters is 1. The predicted octanol–water partition coefficient (Wildman–Crippen LogP) is 3.91. The summed E-state index contributed by atoms with van der Waals surface area (Å²) in [4.78, 5) is 11.2. The minimum absolute atomic E-state index is 0.280. The van der Waals surface area contributed by atoms with E-state index in [1.54, 1.807) is 18.2 Å². The van der Waals surface area contributed by atoms with Gasteiger partial charge in [-0.1, -0.05) is 60.8 Å². The number of rotatable bonds is 7. The molecule has 0 rings (SSSR count). The molecule has 0 atom stereocenters. The molecule has 0 unspecified atom stereocenters. The molecule has 0 fully saturated rings. The van der Waals surface area contributed by atoms with Crippen molar-refractivity contribution in [2.75, 3.05) is 6.61 Å². The highest BCUT2D eigenvalue weighted by Gasteiger charge is 1.91. The Hall–Kier alpha value is -2.09. The minimum Gasteiger partial charge on any atom is -0.458 e. The Bertz CT molecular complexity index is 380. The van der Waals surface area contributed by atoms with Gasteiger partial charge in [0.25, 0.3) is 0 Å². The van der Waals surface area contributed by atoms with Gasteiger partial charge in [-0.2, -0.15) is 0 Å². The molecule has 0 aromatic carbocycles. The van der Waals surface area contributed by atoms with E-state index >= 15 is 0 Å². The van der Waals surface area contributed by atoms with E-state index in [1.165, 1.54) is 6.08 Å². The van der Waals surface area contributed by atoms with Crippen LogP contribution in [0.1, 0.15) is 13.8 Å². The zero-order valence-corrected chi connectivity index (χ0v) is 11.0. The molecule has 0 saturated carbocycles. The first kappa shape index (κ1) is 15.9. The van der Waals surface area contributed by atoms with Crippen LogP contribution in [0.3, 0.4) is 0 Å². The van der Waals surface area contributed by atoms with Crippen LogP contribution in [0.15, 0.2) is 72.9 Å². The summed E-state index contributed by atoms with van der Waals surface area (Å²) in [5, 5.41) is 0. The van der Waals surface area contributed by atoms with Gasteiger partial charge in [-0.15, -0.1) is 0 Å². The molecule has 0 heterocycles. The highest BCUT2D eigenvalue weighted by atomic mass is 16.5. The van der Waals surface area contributed by atoms with Crippen LogP contribution in [-0.4, -0.2) is 12.6 Å². The van der Waals surface area contributed by atoms with E-state index in [0.717, 1.165) is 0 Å². The second-order valence-corrected chi connectivity index (χ2v) is 3.24.